The maximum atomic E-state index is 8.52. The molecule has 0 aliphatic carbocycles. The smallest absolute Gasteiger partial charge is 0.412 e. The summed E-state index contributed by atoms with van der Waals surface area (Å²) in [5.41, 5.74) is -2.00. The summed E-state index contributed by atoms with van der Waals surface area (Å²) >= 11 is 0. The third-order valence-electron chi connectivity index (χ3n) is 0. The van der Waals surface area contributed by atoms with Crippen molar-refractivity contribution in [2.45, 2.75) is 105 Å². The van der Waals surface area contributed by atoms with E-state index in [1.807, 2.05) is 0 Å². The summed E-state index contributed by atoms with van der Waals surface area (Å²) in [5, 5.41) is 34.1. The maximum Gasteiger partial charge on any atom is 2.00 e. The quantitative estimate of drug-likeness (QED) is 0.179. The minimum absolute atomic E-state index is 0. The fourth-order valence-corrected chi connectivity index (χ4v) is 0. The van der Waals surface area contributed by atoms with Gasteiger partial charge in [0, 0.05) is 67.1 Å². The molecule has 0 heterocycles. The van der Waals surface area contributed by atoms with E-state index in [1.165, 1.54) is 0 Å². The largest absolute Gasteiger partial charge is 2.00 e. The SMILES string of the molecule is CC(C)(C)O.CC(C)(C)O.CC(C)(C)O.CC(C)(C)O.O.O.O.O.O.O.O.O.[CH3-].[CH3-].[CH3-].[CH3-].[CH3-].[CH3-].[Nb+2].[Nb+2].[Nb].[Nb].[Nb]. The maximum absolute atomic E-state index is 8.52. The van der Waals surface area contributed by atoms with Gasteiger partial charge in [-0.25, -0.2) is 0 Å². The van der Waals surface area contributed by atoms with Crippen LogP contribution in [-0.2, 0) is 112 Å². The third kappa shape index (κ3) is 6110. The molecule has 0 saturated heterocycles. The predicted molar refractivity (Wildman–Crippen MR) is 155 cm³/mol. The fourth-order valence-electron chi connectivity index (χ4n) is 0. The molecule has 261 valence electrons. The van der Waals surface area contributed by atoms with Crippen LogP contribution in [0.3, 0.4) is 0 Å². The van der Waals surface area contributed by atoms with Gasteiger partial charge in [-0.2, -0.15) is 0 Å². The van der Waals surface area contributed by atoms with Crippen LogP contribution in [0.15, 0.2) is 0 Å². The van der Waals surface area contributed by atoms with E-state index in [-0.39, 0.29) is 200 Å². The van der Waals surface area contributed by atoms with Crippen LogP contribution in [0.25, 0.3) is 0 Å². The van der Waals surface area contributed by atoms with Crippen molar-refractivity contribution in [1.82, 2.24) is 0 Å². The Labute approximate surface area is 323 Å². The Morgan fingerprint density at radius 2 is 0.256 bits per heavy atom. The Balaban J connectivity index is -0.00000000359. The first kappa shape index (κ1) is 194. The predicted octanol–water partition coefficient (Wildman–Crippen LogP) is -0.800. The second kappa shape index (κ2) is 90.0. The van der Waals surface area contributed by atoms with E-state index in [1.54, 1.807) is 83.1 Å². The summed E-state index contributed by atoms with van der Waals surface area (Å²) in [5.74, 6) is 0. The number of rotatable bonds is 0. The Kier molecular flexibility index (Phi) is 448. The number of aliphatic hydroxyl groups is 4. The first-order chi connectivity index (χ1) is 8.00. The molecule has 12 nitrogen and oxygen atoms in total. The molecule has 17 heteroatoms. The Bertz CT molecular complexity index is 163. The molecule has 0 atom stereocenters. The van der Waals surface area contributed by atoms with Gasteiger partial charge in [-0.3, -0.25) is 0 Å². The monoisotopic (exact) mass is 995 g/mol. The fraction of sp³-hybridized carbons (Fsp3) is 0.727. The van der Waals surface area contributed by atoms with Crippen molar-refractivity contribution in [2.24, 2.45) is 0 Å². The normalized spacial score (nSPS) is 6.15. The Morgan fingerprint density at radius 1 is 0.256 bits per heavy atom. The topological polar surface area (TPSA) is 333 Å². The summed E-state index contributed by atoms with van der Waals surface area (Å²) in [6.07, 6.45) is 0. The van der Waals surface area contributed by atoms with Gasteiger partial charge in [-0.05, 0) is 83.1 Å². The van der Waals surface area contributed by atoms with Gasteiger partial charge in [0.05, 0.1) is 22.4 Å². The van der Waals surface area contributed by atoms with Gasteiger partial charge in [-0.1, -0.05) is 0 Å². The van der Waals surface area contributed by atoms with Crippen LogP contribution in [-0.4, -0.2) is 86.6 Å². The molecular formula is C22H74Nb5O12-2. The van der Waals surface area contributed by atoms with Crippen LogP contribution in [0, 0.1) is 44.6 Å². The zero-order chi connectivity index (χ0) is 18.0. The van der Waals surface area contributed by atoms with Crippen molar-refractivity contribution in [3.05, 3.63) is 44.6 Å². The van der Waals surface area contributed by atoms with Crippen molar-refractivity contribution in [1.29, 1.82) is 0 Å². The van der Waals surface area contributed by atoms with Crippen molar-refractivity contribution in [3.8, 4) is 0 Å². The number of hydrogen-bond acceptors (Lipinski definition) is 4. The minimum Gasteiger partial charge on any atom is -0.412 e. The zero-order valence-corrected chi connectivity index (χ0v) is 39.0. The van der Waals surface area contributed by atoms with Crippen LogP contribution >= 0.6 is 0 Å². The van der Waals surface area contributed by atoms with E-state index in [0.29, 0.717) is 0 Å². The van der Waals surface area contributed by atoms with Crippen molar-refractivity contribution >= 4 is 0 Å². The van der Waals surface area contributed by atoms with Gasteiger partial charge in [0.25, 0.3) is 0 Å². The average molecular weight is 995 g/mol. The van der Waals surface area contributed by atoms with Crippen LogP contribution < -0.4 is 0 Å². The molecule has 0 aliphatic heterocycles. The molecule has 0 rings (SSSR count). The van der Waals surface area contributed by atoms with Crippen molar-refractivity contribution < 1.29 is 176 Å². The van der Waals surface area contributed by atoms with E-state index in [4.69, 9.17) is 20.4 Å². The van der Waals surface area contributed by atoms with Crippen molar-refractivity contribution in [2.75, 3.05) is 0 Å². The molecule has 0 bridgehead atoms. The molecule has 0 aromatic heterocycles. The Hall–Kier alpha value is 3.22. The summed E-state index contributed by atoms with van der Waals surface area (Å²) in [7, 11) is 0. The van der Waals surface area contributed by atoms with E-state index in [0.717, 1.165) is 0 Å². The number of hydrogen-bond donors (Lipinski definition) is 4. The van der Waals surface area contributed by atoms with E-state index < -0.39 is 22.4 Å². The molecule has 0 unspecified atom stereocenters. The molecule has 0 aromatic rings. The van der Waals surface area contributed by atoms with Gasteiger partial charge in [-0.15, -0.1) is 0 Å². The minimum atomic E-state index is -0.500. The standard InChI is InChI=1S/4C4H10O.6CH3.5Nb.8H2O/c4*1-4(2,3)5;;;;;;;;;;;;;;;;;;;/h4*5H,1-3H3;6*1H3;;;;;;8*1H2/q;;;;6*-1;;;;2*+2;;;;;;;;. The second-order valence-corrected chi connectivity index (χ2v) is 8.68. The van der Waals surface area contributed by atoms with Crippen LogP contribution in [0.1, 0.15) is 83.1 Å². The molecule has 0 saturated carbocycles. The molecule has 0 spiro atoms. The second-order valence-electron chi connectivity index (χ2n) is 8.68. The molecule has 0 aromatic carbocycles. The van der Waals surface area contributed by atoms with Gasteiger partial charge in [0.15, 0.2) is 0 Å². The zero-order valence-electron chi connectivity index (χ0n) is 28.0. The van der Waals surface area contributed by atoms with Crippen LogP contribution in [0.5, 0.6) is 0 Å². The van der Waals surface area contributed by atoms with Gasteiger partial charge < -0.3 is 109 Å². The Morgan fingerprint density at radius 3 is 0.256 bits per heavy atom. The summed E-state index contributed by atoms with van der Waals surface area (Å²) in [6, 6.07) is 0. The average Bonchev–Trinajstić information content (AvgIpc) is 1.62. The van der Waals surface area contributed by atoms with Crippen LogP contribution in [0.2, 0.25) is 0 Å². The van der Waals surface area contributed by atoms with Gasteiger partial charge in [0.1, 0.15) is 0 Å². The first-order valence-electron chi connectivity index (χ1n) is 6.89. The van der Waals surface area contributed by atoms with Crippen molar-refractivity contribution in [3.63, 3.8) is 0 Å². The van der Waals surface area contributed by atoms with E-state index in [9.17, 15) is 0 Å². The summed E-state index contributed by atoms with van der Waals surface area (Å²) in [6.45, 7) is 20.9. The molecular weight excluding hydrogens is 921 g/mol. The van der Waals surface area contributed by atoms with E-state index in [2.05, 4.69) is 0 Å². The molecule has 0 aliphatic rings. The third-order valence-corrected chi connectivity index (χ3v) is 0. The molecule has 0 amide bonds. The molecule has 5 radical (unpaired) electrons. The molecule has 39 heavy (non-hydrogen) atoms. The van der Waals surface area contributed by atoms with Crippen LogP contribution in [0.4, 0.5) is 0 Å². The molecule has 0 fully saturated rings. The summed E-state index contributed by atoms with van der Waals surface area (Å²) in [4.78, 5) is 0. The van der Waals surface area contributed by atoms with E-state index >= 15 is 0 Å². The van der Waals surface area contributed by atoms with Gasteiger partial charge >= 0.3 is 44.8 Å². The first-order valence-corrected chi connectivity index (χ1v) is 6.89. The summed E-state index contributed by atoms with van der Waals surface area (Å²) < 4.78 is 0. The van der Waals surface area contributed by atoms with Gasteiger partial charge in [0.2, 0.25) is 0 Å². The molecule has 20 N–H and O–H groups in total.